The smallest absolute Gasteiger partial charge is 0.244 e. The molecule has 110 valence electrons. The van der Waals surface area contributed by atoms with Crippen molar-refractivity contribution >= 4 is 10.0 Å². The summed E-state index contributed by atoms with van der Waals surface area (Å²) >= 11 is 0. The van der Waals surface area contributed by atoms with Gasteiger partial charge < -0.3 is 0 Å². The van der Waals surface area contributed by atoms with E-state index in [4.69, 9.17) is 5.26 Å². The fraction of sp³-hybridized carbons (Fsp3) is 0.500. The van der Waals surface area contributed by atoms with Crippen molar-refractivity contribution in [3.63, 3.8) is 0 Å². The summed E-state index contributed by atoms with van der Waals surface area (Å²) in [6, 6.07) is 6.68. The topological polar surface area (TPSA) is 107 Å². The number of rotatable bonds is 3. The molecule has 1 aromatic heterocycles. The van der Waals surface area contributed by atoms with E-state index >= 15 is 0 Å². The summed E-state index contributed by atoms with van der Waals surface area (Å²) < 4.78 is 27.5. The van der Waals surface area contributed by atoms with Crippen LogP contribution in [0.25, 0.3) is 0 Å². The van der Waals surface area contributed by atoms with Crippen LogP contribution in [0.3, 0.4) is 0 Å². The average molecular weight is 304 g/mol. The van der Waals surface area contributed by atoms with E-state index in [0.29, 0.717) is 12.8 Å². The zero-order valence-corrected chi connectivity index (χ0v) is 12.4. The molecule has 1 aromatic rings. The number of hydrogen-bond acceptors (Lipinski definition) is 5. The molecule has 1 fully saturated rings. The van der Waals surface area contributed by atoms with Crippen molar-refractivity contribution in [1.82, 2.24) is 9.71 Å². The molecular formula is C14H16N4O2S. The summed E-state index contributed by atoms with van der Waals surface area (Å²) in [5.41, 5.74) is -1.25. The lowest BCUT2D eigenvalue weighted by Crippen LogP contribution is -2.47. The molecule has 1 heterocycles. The third-order valence-corrected chi connectivity index (χ3v) is 5.23. The fourth-order valence-electron chi connectivity index (χ4n) is 2.57. The second-order valence-corrected chi connectivity index (χ2v) is 6.83. The molecule has 0 aromatic carbocycles. The maximum absolute atomic E-state index is 12.5. The molecule has 1 aliphatic carbocycles. The first-order valence-corrected chi connectivity index (χ1v) is 8.32. The number of nitrogens with zero attached hydrogens (tertiary/aromatic N) is 3. The second kappa shape index (κ2) is 6.21. The van der Waals surface area contributed by atoms with Crippen molar-refractivity contribution in [2.45, 2.75) is 49.0 Å². The Balaban J connectivity index is 2.36. The molecule has 1 saturated carbocycles. The van der Waals surface area contributed by atoms with Gasteiger partial charge in [0.25, 0.3) is 0 Å². The third-order valence-electron chi connectivity index (χ3n) is 3.67. The minimum atomic E-state index is -3.95. The van der Waals surface area contributed by atoms with E-state index in [1.54, 1.807) is 6.07 Å². The Bertz CT molecular complexity index is 692. The van der Waals surface area contributed by atoms with Crippen molar-refractivity contribution in [3.05, 3.63) is 24.0 Å². The maximum atomic E-state index is 12.5. The van der Waals surface area contributed by atoms with Crippen LogP contribution >= 0.6 is 0 Å². The van der Waals surface area contributed by atoms with Crippen molar-refractivity contribution < 1.29 is 8.42 Å². The van der Waals surface area contributed by atoms with Gasteiger partial charge in [0.2, 0.25) is 10.0 Å². The van der Waals surface area contributed by atoms with Gasteiger partial charge in [-0.3, -0.25) is 0 Å². The Morgan fingerprint density at radius 3 is 2.43 bits per heavy atom. The second-order valence-electron chi connectivity index (χ2n) is 5.18. The maximum Gasteiger partial charge on any atom is 0.244 e. The lowest BCUT2D eigenvalue weighted by atomic mass is 9.94. The van der Waals surface area contributed by atoms with Crippen molar-refractivity contribution in [2.24, 2.45) is 0 Å². The minimum absolute atomic E-state index is 0.160. The van der Waals surface area contributed by atoms with E-state index in [1.165, 1.54) is 18.3 Å². The molecule has 0 radical (unpaired) electrons. The van der Waals surface area contributed by atoms with Gasteiger partial charge in [0.15, 0.2) is 5.69 Å². The van der Waals surface area contributed by atoms with Gasteiger partial charge in [-0.1, -0.05) is 25.7 Å². The van der Waals surface area contributed by atoms with Crippen LogP contribution in [0.5, 0.6) is 0 Å². The molecule has 2 rings (SSSR count). The molecule has 7 heteroatoms. The molecule has 21 heavy (non-hydrogen) atoms. The van der Waals surface area contributed by atoms with Crippen LogP contribution in [0.1, 0.15) is 44.2 Å². The highest BCUT2D eigenvalue weighted by molar-refractivity contribution is 7.89. The van der Waals surface area contributed by atoms with Gasteiger partial charge in [0.05, 0.1) is 6.07 Å². The van der Waals surface area contributed by atoms with Gasteiger partial charge in [-0.05, 0) is 25.0 Å². The number of aromatic nitrogens is 1. The molecule has 1 N–H and O–H groups in total. The Morgan fingerprint density at radius 2 is 1.86 bits per heavy atom. The number of pyridine rings is 1. The van der Waals surface area contributed by atoms with Crippen molar-refractivity contribution in [3.8, 4) is 12.1 Å². The molecule has 6 nitrogen and oxygen atoms in total. The van der Waals surface area contributed by atoms with Crippen LogP contribution in [0.15, 0.2) is 23.2 Å². The lowest BCUT2D eigenvalue weighted by molar-refractivity contribution is 0.422. The monoisotopic (exact) mass is 304 g/mol. The highest BCUT2D eigenvalue weighted by atomic mass is 32.2. The van der Waals surface area contributed by atoms with E-state index in [9.17, 15) is 13.7 Å². The summed E-state index contributed by atoms with van der Waals surface area (Å²) in [5.74, 6) is 0. The van der Waals surface area contributed by atoms with Crippen LogP contribution < -0.4 is 4.72 Å². The quantitative estimate of drug-likeness (QED) is 0.857. The van der Waals surface area contributed by atoms with Gasteiger partial charge in [-0.2, -0.15) is 15.2 Å². The predicted octanol–water partition coefficient (Wildman–Crippen LogP) is 1.85. The molecular weight excluding hydrogens is 288 g/mol. The van der Waals surface area contributed by atoms with Gasteiger partial charge in [-0.15, -0.1) is 0 Å². The SMILES string of the molecule is N#Cc1ncccc1S(=O)(=O)NC1(C#N)CCCCCC1. The van der Waals surface area contributed by atoms with Crippen LogP contribution in [0.2, 0.25) is 0 Å². The highest BCUT2D eigenvalue weighted by Gasteiger charge is 2.36. The molecule has 0 atom stereocenters. The van der Waals surface area contributed by atoms with E-state index in [0.717, 1.165) is 25.7 Å². The van der Waals surface area contributed by atoms with E-state index in [1.807, 2.05) is 0 Å². The number of hydrogen-bond donors (Lipinski definition) is 1. The van der Waals surface area contributed by atoms with Crippen LogP contribution in [-0.4, -0.2) is 18.9 Å². The summed E-state index contributed by atoms with van der Waals surface area (Å²) in [4.78, 5) is 3.59. The average Bonchev–Trinajstić information content (AvgIpc) is 2.73. The van der Waals surface area contributed by atoms with Gasteiger partial charge in [0.1, 0.15) is 16.5 Å². The molecule has 0 saturated heterocycles. The van der Waals surface area contributed by atoms with E-state index in [2.05, 4.69) is 15.8 Å². The van der Waals surface area contributed by atoms with Gasteiger partial charge in [0, 0.05) is 6.20 Å². The zero-order chi connectivity index (χ0) is 15.3. The highest BCUT2D eigenvalue weighted by Crippen LogP contribution is 2.28. The number of sulfonamides is 1. The molecule has 0 bridgehead atoms. The molecule has 1 aliphatic rings. The first-order valence-electron chi connectivity index (χ1n) is 6.83. The summed E-state index contributed by atoms with van der Waals surface area (Å²) in [6.07, 6.45) is 5.98. The Morgan fingerprint density at radius 1 is 1.19 bits per heavy atom. The number of nitrogens with one attached hydrogen (secondary N) is 1. The first kappa shape index (κ1) is 15.4. The predicted molar refractivity (Wildman–Crippen MR) is 75.3 cm³/mol. The molecule has 0 amide bonds. The van der Waals surface area contributed by atoms with Gasteiger partial charge in [-0.25, -0.2) is 13.4 Å². The molecule has 0 aliphatic heterocycles. The lowest BCUT2D eigenvalue weighted by Gasteiger charge is -2.26. The summed E-state index contributed by atoms with van der Waals surface area (Å²) in [7, 11) is -3.95. The number of nitriles is 2. The van der Waals surface area contributed by atoms with Crippen LogP contribution in [0.4, 0.5) is 0 Å². The summed E-state index contributed by atoms with van der Waals surface area (Å²) in [5, 5.41) is 18.4. The largest absolute Gasteiger partial charge is 0.244 e. The normalized spacial score (nSPS) is 18.2. The van der Waals surface area contributed by atoms with Gasteiger partial charge >= 0.3 is 0 Å². The Labute approximate surface area is 124 Å². The first-order chi connectivity index (χ1) is 10.0. The van der Waals surface area contributed by atoms with Crippen LogP contribution in [0, 0.1) is 22.7 Å². The van der Waals surface area contributed by atoms with Crippen molar-refractivity contribution in [1.29, 1.82) is 10.5 Å². The van der Waals surface area contributed by atoms with Crippen LogP contribution in [-0.2, 0) is 10.0 Å². The third kappa shape index (κ3) is 3.38. The van der Waals surface area contributed by atoms with E-state index in [-0.39, 0.29) is 10.6 Å². The minimum Gasteiger partial charge on any atom is -0.244 e. The Hall–Kier alpha value is -1.96. The van der Waals surface area contributed by atoms with E-state index < -0.39 is 15.6 Å². The molecule has 0 unspecified atom stereocenters. The zero-order valence-electron chi connectivity index (χ0n) is 11.5. The Kier molecular flexibility index (Phi) is 4.56. The standard InChI is InChI=1S/C14H16N4O2S/c15-10-12-13(6-5-9-17-12)21(19,20)18-14(11-16)7-3-1-2-4-8-14/h5-6,9,18H,1-4,7-8H2. The summed E-state index contributed by atoms with van der Waals surface area (Å²) in [6.45, 7) is 0. The fourth-order valence-corrected chi connectivity index (χ4v) is 4.06. The van der Waals surface area contributed by atoms with Crippen molar-refractivity contribution in [2.75, 3.05) is 0 Å². The molecule has 0 spiro atoms.